The molecule has 0 aliphatic heterocycles. The molecule has 0 saturated heterocycles. The van der Waals surface area contributed by atoms with Crippen molar-refractivity contribution in [3.05, 3.63) is 53.5 Å². The second kappa shape index (κ2) is 10.6. The van der Waals surface area contributed by atoms with Gasteiger partial charge in [-0.05, 0) is 62.3 Å². The molecule has 0 spiro atoms. The van der Waals surface area contributed by atoms with Crippen LogP contribution in [0.4, 0.5) is 0 Å². The second-order valence-corrected chi connectivity index (χ2v) is 14.5. The topological polar surface area (TPSA) is 80.0 Å². The fourth-order valence-electron chi connectivity index (χ4n) is 3.16. The number of esters is 1. The summed E-state index contributed by atoms with van der Waals surface area (Å²) in [5.41, 5.74) is 1.81. The molecule has 184 valence electrons. The molecule has 0 radical (unpaired) electrons. The van der Waals surface area contributed by atoms with Crippen LogP contribution < -0.4 is 9.47 Å². The summed E-state index contributed by atoms with van der Waals surface area (Å²) in [4.78, 5) is 16.7. The maximum absolute atomic E-state index is 12.3. The minimum atomic E-state index is -1.77. The largest absolute Gasteiger partial charge is 0.490 e. The van der Waals surface area contributed by atoms with Gasteiger partial charge in [-0.25, -0.2) is 4.79 Å². The van der Waals surface area contributed by atoms with Gasteiger partial charge in [-0.2, -0.15) is 0 Å². The van der Waals surface area contributed by atoms with Crippen LogP contribution in [-0.2, 0) is 15.8 Å². The summed E-state index contributed by atoms with van der Waals surface area (Å²) >= 11 is 0. The average molecular weight is 486 g/mol. The molecule has 0 aliphatic rings. The van der Waals surface area contributed by atoms with Gasteiger partial charge in [-0.15, -0.1) is 0 Å². The van der Waals surface area contributed by atoms with Gasteiger partial charge in [0.15, 0.2) is 8.32 Å². The Morgan fingerprint density at radius 1 is 1.06 bits per heavy atom. The van der Waals surface area contributed by atoms with Crippen molar-refractivity contribution in [3.8, 4) is 11.5 Å². The van der Waals surface area contributed by atoms with Crippen molar-refractivity contribution in [1.29, 1.82) is 0 Å². The average Bonchev–Trinajstić information content (AvgIpc) is 3.10. The zero-order valence-electron chi connectivity index (χ0n) is 21.2. The molecule has 3 aromatic rings. The number of carbonyl (C=O) groups excluding carboxylic acids is 1. The number of hydrogen-bond acceptors (Lipinski definition) is 7. The van der Waals surface area contributed by atoms with Crippen LogP contribution in [0.3, 0.4) is 0 Å². The van der Waals surface area contributed by atoms with Gasteiger partial charge in [0, 0.05) is 5.39 Å². The predicted molar refractivity (Wildman–Crippen MR) is 134 cm³/mol. The Balaban J connectivity index is 1.55. The lowest BCUT2D eigenvalue weighted by Gasteiger charge is -2.36. The third kappa shape index (κ3) is 6.18. The molecule has 2 heterocycles. The van der Waals surface area contributed by atoms with Crippen molar-refractivity contribution in [3.63, 3.8) is 0 Å². The Labute approximate surface area is 202 Å². The summed E-state index contributed by atoms with van der Waals surface area (Å²) in [5.74, 6) is 1.43. The maximum atomic E-state index is 12.3. The summed E-state index contributed by atoms with van der Waals surface area (Å²) < 4.78 is 28.6. The Hall–Kier alpha value is -2.84. The molecule has 0 unspecified atom stereocenters. The van der Waals surface area contributed by atoms with E-state index in [2.05, 4.69) is 38.8 Å². The molecule has 0 amide bonds. The summed E-state index contributed by atoms with van der Waals surface area (Å²) in [6, 6.07) is 9.13. The van der Waals surface area contributed by atoms with E-state index in [9.17, 15) is 4.79 Å². The number of aryl methyl sites for hydroxylation is 1. The van der Waals surface area contributed by atoms with E-state index in [1.54, 1.807) is 38.2 Å². The van der Waals surface area contributed by atoms with E-state index in [1.807, 2.05) is 12.1 Å². The summed E-state index contributed by atoms with van der Waals surface area (Å²) in [5, 5.41) is 0.849. The third-order valence-electron chi connectivity index (χ3n) is 6.12. The molecule has 34 heavy (non-hydrogen) atoms. The van der Waals surface area contributed by atoms with E-state index in [-0.39, 0.29) is 11.6 Å². The van der Waals surface area contributed by atoms with E-state index in [0.717, 1.165) is 5.69 Å². The van der Waals surface area contributed by atoms with Crippen molar-refractivity contribution in [1.82, 2.24) is 4.98 Å². The molecule has 3 rings (SSSR count). The fraction of sp³-hybridized carbons (Fsp3) is 0.462. The molecule has 0 fully saturated rings. The molecule has 1 aromatic carbocycles. The Morgan fingerprint density at radius 2 is 1.79 bits per heavy atom. The number of nitrogens with zero attached hydrogens (tertiary/aromatic N) is 1. The highest BCUT2D eigenvalue weighted by molar-refractivity contribution is 6.74. The monoisotopic (exact) mass is 485 g/mol. The zero-order chi connectivity index (χ0) is 24.9. The highest BCUT2D eigenvalue weighted by atomic mass is 28.4. The van der Waals surface area contributed by atoms with Crippen molar-refractivity contribution in [2.45, 2.75) is 59.4 Å². The number of pyridine rings is 1. The SMILES string of the molecule is CCOC(=O)c1c(C)oc2ccc(OCc3ccc(OCCO[Si](C)(C)C(C)(C)C)cn3)cc12. The third-order valence-corrected chi connectivity index (χ3v) is 10.7. The van der Waals surface area contributed by atoms with Gasteiger partial charge >= 0.3 is 5.97 Å². The van der Waals surface area contributed by atoms with Gasteiger partial charge in [-0.3, -0.25) is 4.98 Å². The van der Waals surface area contributed by atoms with Crippen LogP contribution >= 0.6 is 0 Å². The molecule has 0 bridgehead atoms. The minimum absolute atomic E-state index is 0.178. The molecule has 0 N–H and O–H groups in total. The highest BCUT2D eigenvalue weighted by Gasteiger charge is 2.36. The first-order valence-corrected chi connectivity index (χ1v) is 14.5. The van der Waals surface area contributed by atoms with Gasteiger partial charge in [0.2, 0.25) is 0 Å². The highest BCUT2D eigenvalue weighted by Crippen LogP contribution is 2.36. The van der Waals surface area contributed by atoms with Crippen molar-refractivity contribution < 1.29 is 27.8 Å². The standard InChI is InChI=1S/C26H35NO6Si/c1-8-29-25(28)24-18(2)33-23-12-11-20(15-22(23)24)31-17-19-9-10-21(16-27-19)30-13-14-32-34(6,7)26(3,4)5/h9-12,15-16H,8,13-14,17H2,1-7H3. The number of carbonyl (C=O) groups is 1. The summed E-state index contributed by atoms with van der Waals surface area (Å²) in [6.45, 7) is 16.3. The van der Waals surface area contributed by atoms with E-state index in [1.165, 1.54) is 0 Å². The molecule has 0 aliphatic carbocycles. The molecule has 2 aromatic heterocycles. The fourth-order valence-corrected chi connectivity index (χ4v) is 4.18. The van der Waals surface area contributed by atoms with Crippen LogP contribution in [-0.4, -0.2) is 39.1 Å². The van der Waals surface area contributed by atoms with Gasteiger partial charge in [-0.1, -0.05) is 20.8 Å². The lowest BCUT2D eigenvalue weighted by atomic mass is 10.1. The summed E-state index contributed by atoms with van der Waals surface area (Å²) in [6.07, 6.45) is 1.69. The number of aromatic nitrogens is 1. The molecule has 8 heteroatoms. The number of benzene rings is 1. The zero-order valence-corrected chi connectivity index (χ0v) is 22.2. The normalized spacial score (nSPS) is 12.1. The van der Waals surface area contributed by atoms with Crippen molar-refractivity contribution >= 4 is 25.3 Å². The number of rotatable bonds is 10. The second-order valence-electron chi connectivity index (χ2n) is 9.64. The lowest BCUT2D eigenvalue weighted by molar-refractivity contribution is 0.0526. The molecule has 0 atom stereocenters. The number of ether oxygens (including phenoxy) is 3. The van der Waals surface area contributed by atoms with Crippen LogP contribution in [0, 0.1) is 6.92 Å². The van der Waals surface area contributed by atoms with Crippen molar-refractivity contribution in [2.75, 3.05) is 19.8 Å². The van der Waals surface area contributed by atoms with E-state index in [0.29, 0.717) is 53.6 Å². The number of furan rings is 1. The van der Waals surface area contributed by atoms with E-state index >= 15 is 0 Å². The molecular weight excluding hydrogens is 450 g/mol. The smallest absolute Gasteiger partial charge is 0.342 e. The lowest BCUT2D eigenvalue weighted by Crippen LogP contribution is -2.41. The van der Waals surface area contributed by atoms with Gasteiger partial charge < -0.3 is 23.1 Å². The van der Waals surface area contributed by atoms with Gasteiger partial charge in [0.1, 0.15) is 41.6 Å². The van der Waals surface area contributed by atoms with Crippen LogP contribution in [0.5, 0.6) is 11.5 Å². The van der Waals surface area contributed by atoms with Crippen LogP contribution in [0.15, 0.2) is 40.9 Å². The van der Waals surface area contributed by atoms with Gasteiger partial charge in [0.05, 0.1) is 25.1 Å². The number of hydrogen-bond donors (Lipinski definition) is 0. The predicted octanol–water partition coefficient (Wildman–Crippen LogP) is 6.29. The first-order valence-electron chi connectivity index (χ1n) is 11.6. The minimum Gasteiger partial charge on any atom is -0.490 e. The van der Waals surface area contributed by atoms with E-state index < -0.39 is 14.3 Å². The summed E-state index contributed by atoms with van der Waals surface area (Å²) in [7, 11) is -1.77. The van der Waals surface area contributed by atoms with Crippen LogP contribution in [0.1, 0.15) is 49.5 Å². The first-order chi connectivity index (χ1) is 16.0. The van der Waals surface area contributed by atoms with Gasteiger partial charge in [0.25, 0.3) is 0 Å². The first kappa shape index (κ1) is 25.8. The Kier molecular flexibility index (Phi) is 8.04. The Morgan fingerprint density at radius 3 is 2.44 bits per heavy atom. The molecule has 0 saturated carbocycles. The van der Waals surface area contributed by atoms with Crippen LogP contribution in [0.2, 0.25) is 18.1 Å². The Bertz CT molecular complexity index is 1110. The van der Waals surface area contributed by atoms with Crippen molar-refractivity contribution in [2.24, 2.45) is 0 Å². The maximum Gasteiger partial charge on any atom is 0.342 e. The number of fused-ring (bicyclic) bond motifs is 1. The van der Waals surface area contributed by atoms with E-state index in [4.69, 9.17) is 23.1 Å². The quantitative estimate of drug-likeness (QED) is 0.190. The van der Waals surface area contributed by atoms with Crippen LogP contribution in [0.25, 0.3) is 11.0 Å². The molecule has 7 nitrogen and oxygen atoms in total. The molecular formula is C26H35NO6Si.